The molecule has 2 aromatic heterocycles. The number of aryl methyl sites for hydroxylation is 1. The number of fused-ring (bicyclic) bond motifs is 1. The van der Waals surface area contributed by atoms with E-state index in [9.17, 15) is 0 Å². The molecule has 0 bridgehead atoms. The van der Waals surface area contributed by atoms with Gasteiger partial charge < -0.3 is 10.3 Å². The highest BCUT2D eigenvalue weighted by atomic mass is 35.5. The molecular formula is C8H9ClN4. The average molecular weight is 197 g/mol. The molecule has 0 spiro atoms. The fourth-order valence-electron chi connectivity index (χ4n) is 1.19. The van der Waals surface area contributed by atoms with Crippen molar-refractivity contribution < 1.29 is 0 Å². The van der Waals surface area contributed by atoms with Crippen molar-refractivity contribution >= 4 is 22.8 Å². The molecule has 0 saturated carbocycles. The van der Waals surface area contributed by atoms with E-state index in [1.807, 2.05) is 19.2 Å². The SMILES string of the molecule is Cn1c(Cl)nc2ccc(CN)nc21. The molecule has 0 saturated heterocycles. The maximum absolute atomic E-state index is 5.83. The maximum atomic E-state index is 5.83. The third-order valence-corrected chi connectivity index (χ3v) is 2.27. The summed E-state index contributed by atoms with van der Waals surface area (Å²) in [6.45, 7) is 0.429. The second-order valence-electron chi connectivity index (χ2n) is 2.79. The molecule has 68 valence electrons. The van der Waals surface area contributed by atoms with Gasteiger partial charge in [0.1, 0.15) is 5.52 Å². The minimum absolute atomic E-state index is 0.429. The Balaban J connectivity index is 2.75. The van der Waals surface area contributed by atoms with Crippen LogP contribution in [0.2, 0.25) is 5.28 Å². The summed E-state index contributed by atoms with van der Waals surface area (Å²) in [7, 11) is 1.82. The van der Waals surface area contributed by atoms with Gasteiger partial charge in [0.25, 0.3) is 0 Å². The van der Waals surface area contributed by atoms with Crippen molar-refractivity contribution in [2.24, 2.45) is 12.8 Å². The molecule has 13 heavy (non-hydrogen) atoms. The number of nitrogens with zero attached hydrogens (tertiary/aromatic N) is 3. The van der Waals surface area contributed by atoms with E-state index in [2.05, 4.69) is 9.97 Å². The molecule has 2 heterocycles. The lowest BCUT2D eigenvalue weighted by atomic mass is 10.3. The van der Waals surface area contributed by atoms with Crippen molar-refractivity contribution in [3.63, 3.8) is 0 Å². The summed E-state index contributed by atoms with van der Waals surface area (Å²) in [6.07, 6.45) is 0. The first-order chi connectivity index (χ1) is 6.22. The van der Waals surface area contributed by atoms with E-state index in [-0.39, 0.29) is 0 Å². The number of hydrogen-bond donors (Lipinski definition) is 1. The molecule has 0 atom stereocenters. The minimum Gasteiger partial charge on any atom is -0.325 e. The van der Waals surface area contributed by atoms with Gasteiger partial charge in [0, 0.05) is 13.6 Å². The van der Waals surface area contributed by atoms with Gasteiger partial charge >= 0.3 is 0 Å². The Kier molecular flexibility index (Phi) is 1.94. The van der Waals surface area contributed by atoms with Gasteiger partial charge in [0.2, 0.25) is 5.28 Å². The molecule has 0 aliphatic heterocycles. The largest absolute Gasteiger partial charge is 0.325 e. The normalized spacial score (nSPS) is 11.0. The Bertz CT molecular complexity index is 449. The number of imidazole rings is 1. The van der Waals surface area contributed by atoms with Gasteiger partial charge in [-0.2, -0.15) is 0 Å². The zero-order chi connectivity index (χ0) is 9.42. The number of pyridine rings is 1. The van der Waals surface area contributed by atoms with Crippen LogP contribution in [0.3, 0.4) is 0 Å². The third kappa shape index (κ3) is 1.28. The Morgan fingerprint density at radius 3 is 2.92 bits per heavy atom. The van der Waals surface area contributed by atoms with E-state index in [1.165, 1.54) is 0 Å². The van der Waals surface area contributed by atoms with Crippen LogP contribution >= 0.6 is 11.6 Å². The first-order valence-electron chi connectivity index (χ1n) is 3.90. The first kappa shape index (κ1) is 8.47. The van der Waals surface area contributed by atoms with Crippen molar-refractivity contribution in [1.82, 2.24) is 14.5 Å². The molecule has 2 rings (SSSR count). The third-order valence-electron chi connectivity index (χ3n) is 1.93. The second-order valence-corrected chi connectivity index (χ2v) is 3.13. The van der Waals surface area contributed by atoms with E-state index in [1.54, 1.807) is 4.57 Å². The summed E-state index contributed by atoms with van der Waals surface area (Å²) in [5, 5.41) is 0.441. The molecule has 0 amide bonds. The molecule has 4 nitrogen and oxygen atoms in total. The predicted octanol–water partition coefficient (Wildman–Crippen LogP) is 1.08. The van der Waals surface area contributed by atoms with Crippen LogP contribution < -0.4 is 5.73 Å². The van der Waals surface area contributed by atoms with Crippen LogP contribution in [0.4, 0.5) is 0 Å². The summed E-state index contributed by atoms with van der Waals surface area (Å²) < 4.78 is 1.73. The van der Waals surface area contributed by atoms with Crippen LogP contribution in [0, 0.1) is 0 Å². The Morgan fingerprint density at radius 1 is 1.46 bits per heavy atom. The minimum atomic E-state index is 0.429. The topological polar surface area (TPSA) is 56.7 Å². The van der Waals surface area contributed by atoms with E-state index >= 15 is 0 Å². The molecule has 0 unspecified atom stereocenters. The van der Waals surface area contributed by atoms with Crippen LogP contribution in [-0.2, 0) is 13.6 Å². The number of nitrogens with two attached hydrogens (primary N) is 1. The second kappa shape index (κ2) is 2.97. The van der Waals surface area contributed by atoms with E-state index < -0.39 is 0 Å². The molecule has 0 aliphatic carbocycles. The molecule has 2 aromatic rings. The summed E-state index contributed by atoms with van der Waals surface area (Å²) in [5.41, 5.74) is 7.88. The molecule has 0 aromatic carbocycles. The fraction of sp³-hybridized carbons (Fsp3) is 0.250. The van der Waals surface area contributed by atoms with Gasteiger partial charge in [0.05, 0.1) is 5.69 Å². The Morgan fingerprint density at radius 2 is 2.23 bits per heavy atom. The van der Waals surface area contributed by atoms with Crippen LogP contribution in [0.1, 0.15) is 5.69 Å². The van der Waals surface area contributed by atoms with E-state index in [4.69, 9.17) is 17.3 Å². The predicted molar refractivity (Wildman–Crippen MR) is 51.4 cm³/mol. The van der Waals surface area contributed by atoms with Crippen LogP contribution in [-0.4, -0.2) is 14.5 Å². The van der Waals surface area contributed by atoms with Crippen molar-refractivity contribution in [2.45, 2.75) is 6.54 Å². The van der Waals surface area contributed by atoms with Gasteiger partial charge in [-0.3, -0.25) is 0 Å². The highest BCUT2D eigenvalue weighted by molar-refractivity contribution is 6.29. The highest BCUT2D eigenvalue weighted by Crippen LogP contribution is 2.16. The number of hydrogen-bond acceptors (Lipinski definition) is 3. The molecular weight excluding hydrogens is 188 g/mol. The smallest absolute Gasteiger partial charge is 0.204 e. The van der Waals surface area contributed by atoms with Crippen molar-refractivity contribution in [3.8, 4) is 0 Å². The molecule has 0 fully saturated rings. The lowest BCUT2D eigenvalue weighted by Gasteiger charge is -1.97. The zero-order valence-electron chi connectivity index (χ0n) is 7.16. The maximum Gasteiger partial charge on any atom is 0.204 e. The van der Waals surface area contributed by atoms with Gasteiger partial charge in [-0.1, -0.05) is 0 Å². The summed E-state index contributed by atoms with van der Waals surface area (Å²) >= 11 is 5.83. The zero-order valence-corrected chi connectivity index (χ0v) is 7.91. The lowest BCUT2D eigenvalue weighted by Crippen LogP contribution is -2.00. The Labute approximate surface area is 80.3 Å². The summed E-state index contributed by atoms with van der Waals surface area (Å²) in [6, 6.07) is 3.72. The standard InChI is InChI=1S/C8H9ClN4/c1-13-7-6(12-8(13)9)3-2-5(4-10)11-7/h2-3H,4,10H2,1H3. The van der Waals surface area contributed by atoms with E-state index in [0.29, 0.717) is 11.8 Å². The first-order valence-corrected chi connectivity index (χ1v) is 4.28. The number of halogens is 1. The summed E-state index contributed by atoms with van der Waals surface area (Å²) in [4.78, 5) is 8.42. The molecule has 2 N–H and O–H groups in total. The van der Waals surface area contributed by atoms with Gasteiger partial charge in [-0.25, -0.2) is 9.97 Å². The van der Waals surface area contributed by atoms with Gasteiger partial charge in [-0.15, -0.1) is 0 Å². The molecule has 0 radical (unpaired) electrons. The van der Waals surface area contributed by atoms with Gasteiger partial charge in [-0.05, 0) is 23.7 Å². The van der Waals surface area contributed by atoms with Gasteiger partial charge in [0.15, 0.2) is 5.65 Å². The van der Waals surface area contributed by atoms with Crippen LogP contribution in [0.15, 0.2) is 12.1 Å². The van der Waals surface area contributed by atoms with Crippen molar-refractivity contribution in [2.75, 3.05) is 0 Å². The number of rotatable bonds is 1. The van der Waals surface area contributed by atoms with Crippen LogP contribution in [0.25, 0.3) is 11.2 Å². The quantitative estimate of drug-likeness (QED) is 0.743. The molecule has 5 heteroatoms. The number of aromatic nitrogens is 3. The van der Waals surface area contributed by atoms with Crippen molar-refractivity contribution in [3.05, 3.63) is 23.1 Å². The van der Waals surface area contributed by atoms with Crippen LogP contribution in [0.5, 0.6) is 0 Å². The average Bonchev–Trinajstić information content (AvgIpc) is 2.43. The van der Waals surface area contributed by atoms with Crippen molar-refractivity contribution in [1.29, 1.82) is 0 Å². The van der Waals surface area contributed by atoms with E-state index in [0.717, 1.165) is 16.9 Å². The fourth-order valence-corrected chi connectivity index (χ4v) is 1.36. The Hall–Kier alpha value is -1.13. The monoisotopic (exact) mass is 196 g/mol. The molecule has 0 aliphatic rings. The highest BCUT2D eigenvalue weighted by Gasteiger charge is 2.06. The summed E-state index contributed by atoms with van der Waals surface area (Å²) in [5.74, 6) is 0. The lowest BCUT2D eigenvalue weighted by molar-refractivity contribution is 0.914.